The van der Waals surface area contributed by atoms with Crippen LogP contribution in [0.2, 0.25) is 0 Å². The van der Waals surface area contributed by atoms with Gasteiger partial charge in [0.15, 0.2) is 0 Å². The summed E-state index contributed by atoms with van der Waals surface area (Å²) < 4.78 is 5.76. The van der Waals surface area contributed by atoms with Crippen LogP contribution in [0, 0.1) is 0 Å². The minimum atomic E-state index is 0.306. The monoisotopic (exact) mass is 223 g/mol. The third kappa shape index (κ3) is 1.62. The Morgan fingerprint density at radius 1 is 1.33 bits per heavy atom. The molecule has 1 N–H and O–H groups in total. The normalized spacial score (nSPS) is 31.2. The van der Waals surface area contributed by atoms with Crippen LogP contribution in [0.25, 0.3) is 0 Å². The van der Waals surface area contributed by atoms with E-state index in [-0.39, 0.29) is 0 Å². The second-order valence-corrected chi connectivity index (χ2v) is 5.85. The molecule has 1 fully saturated rings. The van der Waals surface area contributed by atoms with E-state index in [0.29, 0.717) is 5.41 Å². The van der Waals surface area contributed by atoms with Crippen LogP contribution < -0.4 is 5.32 Å². The minimum absolute atomic E-state index is 0.306. The molecule has 1 unspecified atom stereocenters. The molecule has 2 nitrogen and oxygen atoms in total. The first-order valence-electron chi connectivity index (χ1n) is 5.76. The van der Waals surface area contributed by atoms with Crippen molar-refractivity contribution in [2.45, 2.75) is 31.2 Å². The summed E-state index contributed by atoms with van der Waals surface area (Å²) in [5.41, 5.74) is 1.69. The van der Waals surface area contributed by atoms with Gasteiger partial charge >= 0.3 is 0 Å². The van der Waals surface area contributed by atoms with Gasteiger partial charge in [0.05, 0.1) is 6.26 Å². The lowest BCUT2D eigenvalue weighted by molar-refractivity contribution is 0.271. The third-order valence-corrected chi connectivity index (χ3v) is 4.75. The van der Waals surface area contributed by atoms with Gasteiger partial charge in [0.25, 0.3) is 0 Å². The fourth-order valence-corrected chi connectivity index (χ4v) is 3.96. The first kappa shape index (κ1) is 9.79. The van der Waals surface area contributed by atoms with Crippen LogP contribution in [0.5, 0.6) is 0 Å². The molecule has 0 amide bonds. The molecule has 1 saturated heterocycles. The molecule has 0 radical (unpaired) electrons. The molecule has 3 heteroatoms. The second-order valence-electron chi connectivity index (χ2n) is 4.62. The van der Waals surface area contributed by atoms with Gasteiger partial charge in [0, 0.05) is 24.1 Å². The zero-order valence-electron chi connectivity index (χ0n) is 8.92. The molecule has 3 heterocycles. The predicted octanol–water partition coefficient (Wildman–Crippen LogP) is 2.54. The van der Waals surface area contributed by atoms with Crippen molar-refractivity contribution in [3.8, 4) is 0 Å². The Hall–Kier alpha value is -0.410. The Morgan fingerprint density at radius 3 is 3.33 bits per heavy atom. The van der Waals surface area contributed by atoms with Gasteiger partial charge in [0.1, 0.15) is 5.76 Å². The smallest absolute Gasteiger partial charge is 0.115 e. The molecule has 15 heavy (non-hydrogen) atoms. The maximum atomic E-state index is 5.76. The summed E-state index contributed by atoms with van der Waals surface area (Å²) in [6.07, 6.45) is 5.74. The van der Waals surface area contributed by atoms with E-state index < -0.39 is 0 Å². The van der Waals surface area contributed by atoms with E-state index in [9.17, 15) is 0 Å². The summed E-state index contributed by atoms with van der Waals surface area (Å²) in [7, 11) is 0. The van der Waals surface area contributed by atoms with Crippen LogP contribution in [0.15, 0.2) is 16.7 Å². The van der Waals surface area contributed by atoms with Crippen molar-refractivity contribution in [3.05, 3.63) is 23.7 Å². The third-order valence-electron chi connectivity index (χ3n) is 3.68. The number of nitrogens with one attached hydrogen (secondary N) is 1. The van der Waals surface area contributed by atoms with Crippen molar-refractivity contribution in [1.29, 1.82) is 0 Å². The van der Waals surface area contributed by atoms with E-state index in [0.717, 1.165) is 13.1 Å². The number of thioether (sulfide) groups is 1. The van der Waals surface area contributed by atoms with E-state index in [2.05, 4.69) is 23.1 Å². The van der Waals surface area contributed by atoms with Gasteiger partial charge in [-0.1, -0.05) is 0 Å². The van der Waals surface area contributed by atoms with Crippen molar-refractivity contribution < 1.29 is 4.42 Å². The van der Waals surface area contributed by atoms with Crippen LogP contribution in [0.3, 0.4) is 0 Å². The molecule has 2 aliphatic heterocycles. The lowest BCUT2D eigenvalue weighted by atomic mass is 9.75. The van der Waals surface area contributed by atoms with E-state index in [4.69, 9.17) is 4.42 Å². The summed E-state index contributed by atoms with van der Waals surface area (Å²) in [6, 6.07) is 2.13. The number of rotatable bonds is 0. The Kier molecular flexibility index (Phi) is 2.53. The summed E-state index contributed by atoms with van der Waals surface area (Å²) in [5.74, 6) is 3.88. The Labute approximate surface area is 94.8 Å². The van der Waals surface area contributed by atoms with Crippen molar-refractivity contribution in [3.63, 3.8) is 0 Å². The predicted molar refractivity (Wildman–Crippen MR) is 63.3 cm³/mol. The molecule has 1 atom stereocenters. The second kappa shape index (κ2) is 3.87. The van der Waals surface area contributed by atoms with Gasteiger partial charge in [-0.15, -0.1) is 0 Å². The highest BCUT2D eigenvalue weighted by molar-refractivity contribution is 7.99. The molecular weight excluding hydrogens is 206 g/mol. The van der Waals surface area contributed by atoms with Crippen LogP contribution in [0.1, 0.15) is 30.6 Å². The topological polar surface area (TPSA) is 25.2 Å². The molecule has 0 aliphatic carbocycles. The Morgan fingerprint density at radius 2 is 2.33 bits per heavy atom. The van der Waals surface area contributed by atoms with E-state index in [1.807, 2.05) is 6.26 Å². The number of hydrogen-bond acceptors (Lipinski definition) is 3. The molecule has 0 saturated carbocycles. The highest BCUT2D eigenvalue weighted by atomic mass is 32.2. The summed E-state index contributed by atoms with van der Waals surface area (Å²) in [4.78, 5) is 0. The van der Waals surface area contributed by atoms with Crippen molar-refractivity contribution in [1.82, 2.24) is 5.32 Å². The zero-order chi connectivity index (χ0) is 10.1. The summed E-state index contributed by atoms with van der Waals surface area (Å²) in [6.45, 7) is 2.09. The van der Waals surface area contributed by atoms with Gasteiger partial charge in [0.2, 0.25) is 0 Å². The lowest BCUT2D eigenvalue weighted by Gasteiger charge is -2.35. The molecule has 1 spiro atoms. The van der Waals surface area contributed by atoms with Gasteiger partial charge in [-0.05, 0) is 36.8 Å². The number of hydrogen-bond donors (Lipinski definition) is 1. The Balaban J connectivity index is 1.98. The molecule has 0 aromatic carbocycles. The van der Waals surface area contributed by atoms with E-state index in [1.165, 1.54) is 42.1 Å². The van der Waals surface area contributed by atoms with Gasteiger partial charge in [-0.2, -0.15) is 11.8 Å². The Bertz CT molecular complexity index is 339. The first-order valence-corrected chi connectivity index (χ1v) is 6.92. The van der Waals surface area contributed by atoms with Gasteiger partial charge < -0.3 is 9.73 Å². The molecule has 1 aromatic heterocycles. The average Bonchev–Trinajstić information content (AvgIpc) is 2.62. The maximum absolute atomic E-state index is 5.76. The highest BCUT2D eigenvalue weighted by Crippen LogP contribution is 2.40. The summed E-state index contributed by atoms with van der Waals surface area (Å²) >= 11 is 2.09. The van der Waals surface area contributed by atoms with Crippen molar-refractivity contribution in [2.75, 3.05) is 18.1 Å². The van der Waals surface area contributed by atoms with E-state index >= 15 is 0 Å². The molecule has 2 aliphatic rings. The standard InChI is InChI=1S/C12H17NOS/c1-3-12(4-7-15-6-1)9-13-8-10-2-5-14-11(10)12/h2,5,13H,1,3-4,6-9H2. The quantitative estimate of drug-likeness (QED) is 0.731. The summed E-state index contributed by atoms with van der Waals surface area (Å²) in [5, 5.41) is 3.55. The SMILES string of the molecule is c1cc2c(o1)C1(CCCSCC1)CNC2. The van der Waals surface area contributed by atoms with Crippen molar-refractivity contribution in [2.24, 2.45) is 0 Å². The molecule has 3 rings (SSSR count). The number of fused-ring (bicyclic) bond motifs is 2. The minimum Gasteiger partial charge on any atom is -0.468 e. The average molecular weight is 223 g/mol. The number of furan rings is 1. The van der Waals surface area contributed by atoms with Gasteiger partial charge in [-0.25, -0.2) is 0 Å². The lowest BCUT2D eigenvalue weighted by Crippen LogP contribution is -2.42. The van der Waals surface area contributed by atoms with Crippen molar-refractivity contribution >= 4 is 11.8 Å². The molecule has 82 valence electrons. The van der Waals surface area contributed by atoms with Crippen LogP contribution in [-0.2, 0) is 12.0 Å². The largest absolute Gasteiger partial charge is 0.468 e. The van der Waals surface area contributed by atoms with Gasteiger partial charge in [-0.3, -0.25) is 0 Å². The molecular formula is C12H17NOS. The molecule has 0 bridgehead atoms. The maximum Gasteiger partial charge on any atom is 0.115 e. The highest BCUT2D eigenvalue weighted by Gasteiger charge is 2.39. The van der Waals surface area contributed by atoms with E-state index in [1.54, 1.807) is 0 Å². The van der Waals surface area contributed by atoms with Crippen LogP contribution >= 0.6 is 11.8 Å². The van der Waals surface area contributed by atoms with Crippen LogP contribution in [0.4, 0.5) is 0 Å². The fraction of sp³-hybridized carbons (Fsp3) is 0.667. The molecule has 1 aromatic rings. The first-order chi connectivity index (χ1) is 7.41. The zero-order valence-corrected chi connectivity index (χ0v) is 9.74. The van der Waals surface area contributed by atoms with Crippen LogP contribution in [-0.4, -0.2) is 18.1 Å². The fourth-order valence-electron chi connectivity index (χ4n) is 2.87.